The first-order chi connectivity index (χ1) is 18.2. The van der Waals surface area contributed by atoms with E-state index < -0.39 is 16.6 Å². The van der Waals surface area contributed by atoms with Crippen molar-refractivity contribution in [3.63, 3.8) is 0 Å². The maximum atomic E-state index is 14.0. The van der Waals surface area contributed by atoms with Gasteiger partial charge < -0.3 is 24.2 Å². The Morgan fingerprint density at radius 3 is 2.47 bits per heavy atom. The van der Waals surface area contributed by atoms with Gasteiger partial charge in [-0.1, -0.05) is 43.6 Å². The molecular formula is C26H31ClN4O6S. The minimum atomic E-state index is -4.08. The van der Waals surface area contributed by atoms with Gasteiger partial charge in [0.05, 0.1) is 36.8 Å². The number of aromatic nitrogens is 2. The molecule has 3 aromatic rings. The molecule has 1 aromatic heterocycles. The van der Waals surface area contributed by atoms with E-state index in [4.69, 9.17) is 30.8 Å². The van der Waals surface area contributed by atoms with Gasteiger partial charge in [0.25, 0.3) is 10.0 Å². The van der Waals surface area contributed by atoms with Crippen LogP contribution in [0.1, 0.15) is 19.5 Å². The number of methoxy groups -OCH3 is 1. The second kappa shape index (κ2) is 12.2. The molecule has 0 saturated carbocycles. The normalized spacial score (nSPS) is 14.0. The predicted octanol–water partition coefficient (Wildman–Crippen LogP) is 4.11. The van der Waals surface area contributed by atoms with Gasteiger partial charge in [0.15, 0.2) is 11.6 Å². The van der Waals surface area contributed by atoms with Gasteiger partial charge in [-0.3, -0.25) is 0 Å². The van der Waals surface area contributed by atoms with Gasteiger partial charge in [-0.15, -0.1) is 0 Å². The molecule has 2 aromatic carbocycles. The number of aliphatic hydroxyl groups is 1. The van der Waals surface area contributed by atoms with E-state index in [0.29, 0.717) is 32.1 Å². The van der Waals surface area contributed by atoms with Gasteiger partial charge in [-0.25, -0.2) is 17.7 Å². The monoisotopic (exact) mass is 562 g/mol. The summed E-state index contributed by atoms with van der Waals surface area (Å²) in [4.78, 5) is 11.2. The number of halogens is 1. The molecule has 0 atom stereocenters. The number of anilines is 2. The van der Waals surface area contributed by atoms with E-state index in [2.05, 4.69) is 4.98 Å². The van der Waals surface area contributed by atoms with E-state index in [0.717, 1.165) is 0 Å². The highest BCUT2D eigenvalue weighted by Crippen LogP contribution is 2.41. The minimum Gasteiger partial charge on any atom is -0.497 e. The van der Waals surface area contributed by atoms with Crippen LogP contribution >= 0.6 is 11.6 Å². The highest BCUT2D eigenvalue weighted by molar-refractivity contribution is 7.92. The number of benzene rings is 2. The summed E-state index contributed by atoms with van der Waals surface area (Å²) in [6.07, 6.45) is 0. The van der Waals surface area contributed by atoms with Crippen LogP contribution in [0, 0.1) is 5.92 Å². The van der Waals surface area contributed by atoms with E-state index in [9.17, 15) is 13.5 Å². The Balaban J connectivity index is 1.95. The van der Waals surface area contributed by atoms with Crippen molar-refractivity contribution in [3.05, 3.63) is 59.2 Å². The summed E-state index contributed by atoms with van der Waals surface area (Å²) in [5.74, 6) is 0.876. The summed E-state index contributed by atoms with van der Waals surface area (Å²) < 4.78 is 46.1. The summed E-state index contributed by atoms with van der Waals surface area (Å²) in [6.45, 7) is 5.37. The Kier molecular flexibility index (Phi) is 8.93. The average molecular weight is 563 g/mol. The smallest absolute Gasteiger partial charge is 0.265 e. The third-order valence-corrected chi connectivity index (χ3v) is 7.88. The zero-order valence-electron chi connectivity index (χ0n) is 21.5. The fraction of sp³-hybridized carbons (Fsp3) is 0.385. The van der Waals surface area contributed by atoms with Gasteiger partial charge in [0.2, 0.25) is 5.95 Å². The lowest BCUT2D eigenvalue weighted by molar-refractivity contribution is 0.122. The van der Waals surface area contributed by atoms with Crippen molar-refractivity contribution < 1.29 is 27.7 Å². The zero-order valence-corrected chi connectivity index (χ0v) is 23.1. The number of nitrogens with zero attached hydrogens (tertiary/aromatic N) is 4. The molecule has 204 valence electrons. The van der Waals surface area contributed by atoms with E-state index in [1.807, 2.05) is 18.7 Å². The van der Waals surface area contributed by atoms with Crippen molar-refractivity contribution in [2.75, 3.05) is 49.2 Å². The first-order valence-corrected chi connectivity index (χ1v) is 14.0. The summed E-state index contributed by atoms with van der Waals surface area (Å²) >= 11 is 6.42. The molecule has 1 fully saturated rings. The number of sulfonamides is 1. The van der Waals surface area contributed by atoms with Crippen molar-refractivity contribution in [2.24, 2.45) is 5.92 Å². The van der Waals surface area contributed by atoms with E-state index in [-0.39, 0.29) is 51.3 Å². The van der Waals surface area contributed by atoms with Crippen molar-refractivity contribution in [3.8, 4) is 17.2 Å². The maximum absolute atomic E-state index is 14.0. The molecule has 0 aliphatic carbocycles. The first kappa shape index (κ1) is 27.9. The average Bonchev–Trinajstić information content (AvgIpc) is 2.93. The van der Waals surface area contributed by atoms with E-state index in [1.54, 1.807) is 36.4 Å². The lowest BCUT2D eigenvalue weighted by atomic mass is 10.2. The van der Waals surface area contributed by atoms with Gasteiger partial charge in [-0.2, -0.15) is 4.98 Å². The standard InChI is InChI=1S/C26H31ClN4O6S/c1-18(2)16-31(38(33,34)20-7-5-4-6-8-20)25-24(37-23-15-19(35-3)9-10-21(23)27)22(17-32)28-26(29-25)30-11-13-36-14-12-30/h4-10,15,18,32H,11-14,16-17H2,1-3H3. The highest BCUT2D eigenvalue weighted by atomic mass is 35.5. The molecule has 10 nitrogen and oxygen atoms in total. The Morgan fingerprint density at radius 1 is 1.13 bits per heavy atom. The second-order valence-corrected chi connectivity index (χ2v) is 11.3. The fourth-order valence-electron chi connectivity index (χ4n) is 3.91. The maximum Gasteiger partial charge on any atom is 0.265 e. The van der Waals surface area contributed by atoms with Crippen molar-refractivity contribution in [1.29, 1.82) is 0 Å². The van der Waals surface area contributed by atoms with Crippen LogP contribution in [-0.4, -0.2) is 63.5 Å². The summed E-state index contributed by atoms with van der Waals surface area (Å²) in [5.41, 5.74) is 0.118. The van der Waals surface area contributed by atoms with Crippen LogP contribution in [0.4, 0.5) is 11.8 Å². The van der Waals surface area contributed by atoms with E-state index in [1.165, 1.54) is 23.5 Å². The minimum absolute atomic E-state index is 0.00183. The number of morpholine rings is 1. The lowest BCUT2D eigenvalue weighted by Crippen LogP contribution is -2.39. The number of rotatable bonds is 10. The molecule has 1 aliphatic heterocycles. The second-order valence-electron chi connectivity index (χ2n) is 9.02. The number of hydrogen-bond donors (Lipinski definition) is 1. The van der Waals surface area contributed by atoms with Gasteiger partial charge in [-0.05, 0) is 30.2 Å². The Morgan fingerprint density at radius 2 is 1.84 bits per heavy atom. The third-order valence-electron chi connectivity index (χ3n) is 5.80. The number of aliphatic hydroxyl groups excluding tert-OH is 1. The predicted molar refractivity (Wildman–Crippen MR) is 145 cm³/mol. The van der Waals surface area contributed by atoms with Crippen LogP contribution < -0.4 is 18.7 Å². The van der Waals surface area contributed by atoms with Gasteiger partial charge in [0.1, 0.15) is 17.2 Å². The molecular weight excluding hydrogens is 532 g/mol. The molecule has 0 spiro atoms. The SMILES string of the molecule is COc1ccc(Cl)c(Oc2c(CO)nc(N3CCOCC3)nc2N(CC(C)C)S(=O)(=O)c2ccccc2)c1. The Labute approximate surface area is 227 Å². The molecule has 1 N–H and O–H groups in total. The molecule has 0 radical (unpaired) electrons. The van der Waals surface area contributed by atoms with Gasteiger partial charge >= 0.3 is 0 Å². The van der Waals surface area contributed by atoms with E-state index >= 15 is 0 Å². The number of hydrogen-bond acceptors (Lipinski definition) is 9. The van der Waals surface area contributed by atoms with Crippen LogP contribution in [0.25, 0.3) is 0 Å². The molecule has 0 amide bonds. The third kappa shape index (κ3) is 6.12. The topological polar surface area (TPSA) is 114 Å². The zero-order chi connectivity index (χ0) is 27.3. The van der Waals surface area contributed by atoms with Crippen LogP contribution in [0.5, 0.6) is 17.2 Å². The van der Waals surface area contributed by atoms with Crippen LogP contribution in [0.2, 0.25) is 5.02 Å². The highest BCUT2D eigenvalue weighted by Gasteiger charge is 2.33. The molecule has 0 unspecified atom stereocenters. The van der Waals surface area contributed by atoms with Crippen LogP contribution in [-0.2, 0) is 21.4 Å². The molecule has 1 aliphatic rings. The largest absolute Gasteiger partial charge is 0.497 e. The number of ether oxygens (including phenoxy) is 3. The summed E-state index contributed by atoms with van der Waals surface area (Å²) in [7, 11) is -2.57. The van der Waals surface area contributed by atoms with Crippen molar-refractivity contribution in [2.45, 2.75) is 25.3 Å². The molecule has 38 heavy (non-hydrogen) atoms. The van der Waals surface area contributed by atoms with Crippen LogP contribution in [0.15, 0.2) is 53.4 Å². The first-order valence-electron chi connectivity index (χ1n) is 12.2. The molecule has 12 heteroatoms. The van der Waals surface area contributed by atoms with Crippen molar-refractivity contribution >= 4 is 33.4 Å². The molecule has 4 rings (SSSR count). The molecule has 1 saturated heterocycles. The summed E-state index contributed by atoms with van der Waals surface area (Å²) in [6, 6.07) is 13.0. The van der Waals surface area contributed by atoms with Crippen LogP contribution in [0.3, 0.4) is 0 Å². The fourth-order valence-corrected chi connectivity index (χ4v) is 5.66. The van der Waals surface area contributed by atoms with Crippen molar-refractivity contribution in [1.82, 2.24) is 9.97 Å². The quantitative estimate of drug-likeness (QED) is 0.390. The van der Waals surface area contributed by atoms with Gasteiger partial charge in [0, 0.05) is 25.7 Å². The molecule has 2 heterocycles. The summed E-state index contributed by atoms with van der Waals surface area (Å²) in [5, 5.41) is 10.6. The molecule has 0 bridgehead atoms. The Bertz CT molecular complexity index is 1350. The Hall–Kier alpha value is -3.12. The lowest BCUT2D eigenvalue weighted by Gasteiger charge is -2.31.